The van der Waals surface area contributed by atoms with Gasteiger partial charge in [0.05, 0.1) is 23.7 Å². The zero-order chi connectivity index (χ0) is 18.4. The number of fused-ring (bicyclic) bond motifs is 3. The number of phenols is 1. The van der Waals surface area contributed by atoms with Crippen LogP contribution in [-0.2, 0) is 0 Å². The summed E-state index contributed by atoms with van der Waals surface area (Å²) in [5.41, 5.74) is 2.65. The number of ether oxygens (including phenoxy) is 2. The van der Waals surface area contributed by atoms with E-state index in [1.165, 1.54) is 0 Å². The van der Waals surface area contributed by atoms with E-state index in [1.807, 2.05) is 40.7 Å². The fourth-order valence-electron chi connectivity index (χ4n) is 3.69. The number of para-hydroxylation sites is 1. The van der Waals surface area contributed by atoms with E-state index >= 15 is 0 Å². The molecule has 0 saturated heterocycles. The van der Waals surface area contributed by atoms with Crippen LogP contribution in [0.25, 0.3) is 0 Å². The molecular formula is C21H18N2O3S. The third-order valence-electron chi connectivity index (χ3n) is 5.00. The molecular weight excluding hydrogens is 360 g/mol. The van der Waals surface area contributed by atoms with Gasteiger partial charge in [-0.3, -0.25) is 0 Å². The van der Waals surface area contributed by atoms with Gasteiger partial charge in [-0.05, 0) is 35.7 Å². The highest BCUT2D eigenvalue weighted by molar-refractivity contribution is 7.10. The van der Waals surface area contributed by atoms with Crippen LogP contribution in [0.4, 0.5) is 0 Å². The number of nitrogens with zero attached hydrogens (tertiary/aromatic N) is 2. The monoisotopic (exact) mass is 378 g/mol. The SMILES string of the molecule is COc1ccc(O)c(C2=NN3[C@H](C2)c2ccccc2O[C@H]3c2cccs2)c1. The summed E-state index contributed by atoms with van der Waals surface area (Å²) in [6.45, 7) is 0. The van der Waals surface area contributed by atoms with E-state index < -0.39 is 0 Å². The van der Waals surface area contributed by atoms with Crippen LogP contribution < -0.4 is 9.47 Å². The summed E-state index contributed by atoms with van der Waals surface area (Å²) < 4.78 is 11.6. The summed E-state index contributed by atoms with van der Waals surface area (Å²) in [6.07, 6.45) is 0.429. The van der Waals surface area contributed by atoms with Gasteiger partial charge in [-0.25, -0.2) is 5.01 Å². The maximum Gasteiger partial charge on any atom is 0.222 e. The molecule has 6 heteroatoms. The summed E-state index contributed by atoms with van der Waals surface area (Å²) in [5, 5.41) is 19.3. The Kier molecular flexibility index (Phi) is 3.79. The first-order valence-electron chi connectivity index (χ1n) is 8.77. The van der Waals surface area contributed by atoms with Gasteiger partial charge in [-0.1, -0.05) is 24.3 Å². The summed E-state index contributed by atoms with van der Waals surface area (Å²) in [7, 11) is 1.62. The predicted molar refractivity (Wildman–Crippen MR) is 105 cm³/mol. The minimum Gasteiger partial charge on any atom is -0.507 e. The van der Waals surface area contributed by atoms with Crippen molar-refractivity contribution >= 4 is 17.0 Å². The summed E-state index contributed by atoms with van der Waals surface area (Å²) in [4.78, 5) is 1.11. The van der Waals surface area contributed by atoms with Crippen molar-refractivity contribution in [2.75, 3.05) is 7.11 Å². The summed E-state index contributed by atoms with van der Waals surface area (Å²) in [6, 6.07) is 17.5. The molecule has 0 aliphatic carbocycles. The van der Waals surface area contributed by atoms with Crippen molar-refractivity contribution in [3.8, 4) is 17.2 Å². The van der Waals surface area contributed by atoms with Crippen LogP contribution in [0.1, 0.15) is 34.7 Å². The molecule has 2 aliphatic rings. The number of hydrogen-bond acceptors (Lipinski definition) is 6. The maximum absolute atomic E-state index is 10.4. The molecule has 5 nitrogen and oxygen atoms in total. The molecule has 5 rings (SSSR count). The maximum atomic E-state index is 10.4. The predicted octanol–water partition coefficient (Wildman–Crippen LogP) is 4.70. The fraction of sp³-hybridized carbons (Fsp3) is 0.190. The lowest BCUT2D eigenvalue weighted by Crippen LogP contribution is -2.33. The molecule has 1 N–H and O–H groups in total. The van der Waals surface area contributed by atoms with Crippen molar-refractivity contribution in [2.24, 2.45) is 5.10 Å². The van der Waals surface area contributed by atoms with Crippen molar-refractivity contribution in [1.29, 1.82) is 0 Å². The van der Waals surface area contributed by atoms with Gasteiger partial charge >= 0.3 is 0 Å². The van der Waals surface area contributed by atoms with Gasteiger partial charge in [-0.15, -0.1) is 11.3 Å². The lowest BCUT2D eigenvalue weighted by Gasteiger charge is -2.37. The largest absolute Gasteiger partial charge is 0.507 e. The Morgan fingerprint density at radius 3 is 2.89 bits per heavy atom. The number of hydrogen-bond donors (Lipinski definition) is 1. The Balaban J connectivity index is 1.60. The second-order valence-electron chi connectivity index (χ2n) is 6.55. The Morgan fingerprint density at radius 1 is 1.19 bits per heavy atom. The van der Waals surface area contributed by atoms with Crippen LogP contribution in [0.5, 0.6) is 17.2 Å². The van der Waals surface area contributed by atoms with E-state index in [4.69, 9.17) is 14.6 Å². The Bertz CT molecular complexity index is 1020. The summed E-state index contributed by atoms with van der Waals surface area (Å²) >= 11 is 1.65. The van der Waals surface area contributed by atoms with Gasteiger partial charge in [0.2, 0.25) is 6.23 Å². The normalized spacial score (nSPS) is 20.5. The zero-order valence-corrected chi connectivity index (χ0v) is 15.5. The van der Waals surface area contributed by atoms with Crippen LogP contribution in [0, 0.1) is 0 Å². The van der Waals surface area contributed by atoms with Crippen LogP contribution in [-0.4, -0.2) is 22.9 Å². The smallest absolute Gasteiger partial charge is 0.222 e. The number of benzene rings is 2. The van der Waals surface area contributed by atoms with Crippen molar-refractivity contribution < 1.29 is 14.6 Å². The molecule has 2 atom stereocenters. The topological polar surface area (TPSA) is 54.3 Å². The van der Waals surface area contributed by atoms with Gasteiger partial charge in [0.15, 0.2) is 0 Å². The lowest BCUT2D eigenvalue weighted by molar-refractivity contribution is -0.0165. The van der Waals surface area contributed by atoms with Gasteiger partial charge in [0, 0.05) is 17.5 Å². The number of methoxy groups -OCH3 is 1. The number of phenolic OH excluding ortho intramolecular Hbond substituents is 1. The van der Waals surface area contributed by atoms with E-state index in [2.05, 4.69) is 12.1 Å². The van der Waals surface area contributed by atoms with Crippen molar-refractivity contribution in [3.63, 3.8) is 0 Å². The van der Waals surface area contributed by atoms with Crippen molar-refractivity contribution in [2.45, 2.75) is 18.7 Å². The second kappa shape index (κ2) is 6.32. The highest BCUT2D eigenvalue weighted by Crippen LogP contribution is 2.48. The molecule has 0 radical (unpaired) electrons. The molecule has 2 aliphatic heterocycles. The van der Waals surface area contributed by atoms with Crippen LogP contribution in [0.3, 0.4) is 0 Å². The molecule has 27 heavy (non-hydrogen) atoms. The molecule has 2 aromatic carbocycles. The molecule has 0 fully saturated rings. The Morgan fingerprint density at radius 2 is 2.07 bits per heavy atom. The number of rotatable bonds is 3. The molecule has 136 valence electrons. The molecule has 0 spiro atoms. The Hall–Kier alpha value is -2.99. The summed E-state index contributed by atoms with van der Waals surface area (Å²) in [5.74, 6) is 1.79. The molecule has 3 heterocycles. The minimum atomic E-state index is -0.268. The van der Waals surface area contributed by atoms with Crippen LogP contribution >= 0.6 is 11.3 Å². The minimum absolute atomic E-state index is 0.0719. The van der Waals surface area contributed by atoms with Gasteiger partial charge in [-0.2, -0.15) is 5.10 Å². The average Bonchev–Trinajstić information content (AvgIpc) is 3.38. The first-order chi connectivity index (χ1) is 13.2. The number of hydrazone groups is 1. The molecule has 0 amide bonds. The fourth-order valence-corrected chi connectivity index (χ4v) is 4.43. The van der Waals surface area contributed by atoms with E-state index in [9.17, 15) is 5.11 Å². The van der Waals surface area contributed by atoms with Gasteiger partial charge in [0.1, 0.15) is 17.2 Å². The highest BCUT2D eigenvalue weighted by Gasteiger charge is 2.41. The number of thiophene rings is 1. The van der Waals surface area contributed by atoms with E-state index in [-0.39, 0.29) is 18.0 Å². The van der Waals surface area contributed by atoms with Crippen LogP contribution in [0.15, 0.2) is 65.1 Å². The molecule has 1 aromatic heterocycles. The second-order valence-corrected chi connectivity index (χ2v) is 7.53. The Labute approximate surface area is 161 Å². The zero-order valence-electron chi connectivity index (χ0n) is 14.7. The van der Waals surface area contributed by atoms with Crippen LogP contribution in [0.2, 0.25) is 0 Å². The lowest BCUT2D eigenvalue weighted by atomic mass is 9.96. The first kappa shape index (κ1) is 16.2. The van der Waals surface area contributed by atoms with Gasteiger partial charge in [0.25, 0.3) is 0 Å². The van der Waals surface area contributed by atoms with Crippen molar-refractivity contribution in [1.82, 2.24) is 5.01 Å². The third-order valence-corrected chi connectivity index (χ3v) is 5.90. The first-order valence-corrected chi connectivity index (χ1v) is 9.65. The quantitative estimate of drug-likeness (QED) is 0.717. The number of aromatic hydroxyl groups is 1. The molecule has 0 saturated carbocycles. The molecule has 0 bridgehead atoms. The van der Waals surface area contributed by atoms with Crippen molar-refractivity contribution in [3.05, 3.63) is 76.0 Å². The highest BCUT2D eigenvalue weighted by atomic mass is 32.1. The average molecular weight is 378 g/mol. The van der Waals surface area contributed by atoms with E-state index in [0.29, 0.717) is 17.7 Å². The molecule has 3 aromatic rings. The van der Waals surface area contributed by atoms with E-state index in [0.717, 1.165) is 21.9 Å². The van der Waals surface area contributed by atoms with E-state index in [1.54, 1.807) is 30.6 Å². The van der Waals surface area contributed by atoms with Gasteiger partial charge < -0.3 is 14.6 Å². The molecule has 0 unspecified atom stereocenters. The standard InChI is InChI=1S/C21H18N2O3S/c1-25-13-8-9-18(24)15(11-13)16-12-17-14-5-2-3-6-19(14)26-21(23(17)22-16)20-7-4-10-27-20/h2-11,17,21,24H,12H2,1H3/t17-,21+/m1/s1. The third kappa shape index (κ3) is 2.64.